The van der Waals surface area contributed by atoms with Crippen molar-refractivity contribution in [2.24, 2.45) is 7.05 Å². The molecule has 0 radical (unpaired) electrons. The number of hydrogen-bond acceptors (Lipinski definition) is 6. The predicted octanol–water partition coefficient (Wildman–Crippen LogP) is 2.75. The van der Waals surface area contributed by atoms with Crippen LogP contribution in [-0.2, 0) is 21.3 Å². The Morgan fingerprint density at radius 3 is 2.43 bits per heavy atom. The van der Waals surface area contributed by atoms with Gasteiger partial charge in [0.15, 0.2) is 11.9 Å². The summed E-state index contributed by atoms with van der Waals surface area (Å²) in [4.78, 5) is 36.8. The Hall–Kier alpha value is -4.18. The van der Waals surface area contributed by atoms with E-state index in [0.29, 0.717) is 6.42 Å². The van der Waals surface area contributed by atoms with Gasteiger partial charge in [0.05, 0.1) is 6.04 Å². The Morgan fingerprint density at radius 1 is 1.11 bits per heavy atom. The molecule has 1 aliphatic carbocycles. The SMILES string of the molecule is Cn1cc(C(=O)NC2CCOC2C(=O)O)c(NC(=O)OCC2c3ccccc3-c3ccccc32)n1. The minimum absolute atomic E-state index is 0.0213. The molecule has 1 aromatic heterocycles. The predicted molar refractivity (Wildman–Crippen MR) is 125 cm³/mol. The Bertz CT molecular complexity index is 1260. The molecule has 2 amide bonds. The first-order valence-electron chi connectivity index (χ1n) is 11.2. The van der Waals surface area contributed by atoms with Crippen molar-refractivity contribution in [2.45, 2.75) is 24.5 Å². The quantitative estimate of drug-likeness (QED) is 0.498. The number of aromatic nitrogens is 2. The van der Waals surface area contributed by atoms with Gasteiger partial charge in [-0.3, -0.25) is 14.8 Å². The van der Waals surface area contributed by atoms with Gasteiger partial charge in [0.1, 0.15) is 12.2 Å². The van der Waals surface area contributed by atoms with Gasteiger partial charge in [-0.1, -0.05) is 48.5 Å². The maximum Gasteiger partial charge on any atom is 0.412 e. The lowest BCUT2D eigenvalue weighted by Crippen LogP contribution is -2.44. The van der Waals surface area contributed by atoms with Gasteiger partial charge in [-0.2, -0.15) is 5.10 Å². The maximum atomic E-state index is 12.8. The highest BCUT2D eigenvalue weighted by molar-refractivity contribution is 6.01. The normalized spacial score (nSPS) is 18.5. The van der Waals surface area contributed by atoms with Crippen molar-refractivity contribution >= 4 is 23.8 Å². The summed E-state index contributed by atoms with van der Waals surface area (Å²) in [6.07, 6.45) is -0.0423. The van der Waals surface area contributed by atoms with E-state index in [-0.39, 0.29) is 30.5 Å². The minimum Gasteiger partial charge on any atom is -0.479 e. The van der Waals surface area contributed by atoms with Crippen LogP contribution >= 0.6 is 0 Å². The molecule has 2 aliphatic rings. The molecule has 10 heteroatoms. The third-order valence-electron chi connectivity index (χ3n) is 6.29. The second kappa shape index (κ2) is 9.22. The average molecular weight is 476 g/mol. The van der Waals surface area contributed by atoms with E-state index >= 15 is 0 Å². The lowest BCUT2D eigenvalue weighted by molar-refractivity contribution is -0.148. The number of nitrogens with zero attached hydrogens (tertiary/aromatic N) is 2. The summed E-state index contributed by atoms with van der Waals surface area (Å²) in [6, 6.07) is 15.4. The number of rotatable bonds is 6. The zero-order valence-electron chi connectivity index (χ0n) is 18.9. The molecule has 3 N–H and O–H groups in total. The summed E-state index contributed by atoms with van der Waals surface area (Å²) in [5.74, 6) is -1.78. The van der Waals surface area contributed by atoms with Crippen LogP contribution in [0.1, 0.15) is 33.8 Å². The number of aliphatic carboxylic acids is 1. The Kier molecular flexibility index (Phi) is 5.96. The first-order chi connectivity index (χ1) is 16.9. The third kappa shape index (κ3) is 4.35. The van der Waals surface area contributed by atoms with E-state index in [0.717, 1.165) is 22.3 Å². The summed E-state index contributed by atoms with van der Waals surface area (Å²) < 4.78 is 12.1. The fourth-order valence-electron chi connectivity index (χ4n) is 4.71. The minimum atomic E-state index is -1.14. The van der Waals surface area contributed by atoms with E-state index in [1.54, 1.807) is 7.05 Å². The van der Waals surface area contributed by atoms with Gasteiger partial charge in [0.25, 0.3) is 5.91 Å². The van der Waals surface area contributed by atoms with E-state index < -0.39 is 30.1 Å². The van der Waals surface area contributed by atoms with Crippen LogP contribution in [0.2, 0.25) is 0 Å². The van der Waals surface area contributed by atoms with Crippen molar-refractivity contribution in [1.82, 2.24) is 15.1 Å². The van der Waals surface area contributed by atoms with Crippen molar-refractivity contribution < 1.29 is 29.0 Å². The van der Waals surface area contributed by atoms with E-state index in [9.17, 15) is 19.5 Å². The molecule has 35 heavy (non-hydrogen) atoms. The molecule has 180 valence electrons. The molecular weight excluding hydrogens is 452 g/mol. The van der Waals surface area contributed by atoms with Crippen molar-refractivity contribution in [3.05, 3.63) is 71.4 Å². The number of ether oxygens (including phenoxy) is 2. The second-order valence-electron chi connectivity index (χ2n) is 8.51. The number of carboxylic acid groups (broad SMARTS) is 1. The number of fused-ring (bicyclic) bond motifs is 3. The molecule has 2 heterocycles. The monoisotopic (exact) mass is 476 g/mol. The van der Waals surface area contributed by atoms with Gasteiger partial charge >= 0.3 is 12.1 Å². The summed E-state index contributed by atoms with van der Waals surface area (Å²) in [5.41, 5.74) is 4.52. The number of aryl methyl sites for hydroxylation is 1. The molecule has 0 saturated carbocycles. The number of anilines is 1. The highest BCUT2D eigenvalue weighted by Gasteiger charge is 2.36. The molecule has 2 unspecified atom stereocenters. The van der Waals surface area contributed by atoms with Gasteiger partial charge in [0.2, 0.25) is 0 Å². The lowest BCUT2D eigenvalue weighted by atomic mass is 9.98. The Labute approximate surface area is 200 Å². The largest absolute Gasteiger partial charge is 0.479 e. The highest BCUT2D eigenvalue weighted by atomic mass is 16.5. The molecule has 5 rings (SSSR count). The summed E-state index contributed by atoms with van der Waals surface area (Å²) in [6.45, 7) is 0.355. The summed E-state index contributed by atoms with van der Waals surface area (Å²) in [7, 11) is 1.61. The Balaban J connectivity index is 1.26. The number of hydrogen-bond donors (Lipinski definition) is 3. The number of carboxylic acids is 1. The highest BCUT2D eigenvalue weighted by Crippen LogP contribution is 2.44. The van der Waals surface area contributed by atoms with Gasteiger partial charge < -0.3 is 19.9 Å². The zero-order chi connectivity index (χ0) is 24.5. The summed E-state index contributed by atoms with van der Waals surface area (Å²) >= 11 is 0. The van der Waals surface area contributed by atoms with Gasteiger partial charge in [0, 0.05) is 25.8 Å². The number of amides is 2. The van der Waals surface area contributed by atoms with Crippen LogP contribution in [0.4, 0.5) is 10.6 Å². The van der Waals surface area contributed by atoms with Crippen LogP contribution < -0.4 is 10.6 Å². The molecule has 0 spiro atoms. The smallest absolute Gasteiger partial charge is 0.412 e. The van der Waals surface area contributed by atoms with Crippen LogP contribution in [-0.4, -0.2) is 58.2 Å². The van der Waals surface area contributed by atoms with E-state index in [4.69, 9.17) is 9.47 Å². The van der Waals surface area contributed by atoms with E-state index in [1.165, 1.54) is 10.9 Å². The van der Waals surface area contributed by atoms with Crippen LogP contribution in [0.25, 0.3) is 11.1 Å². The molecule has 10 nitrogen and oxygen atoms in total. The third-order valence-corrected chi connectivity index (χ3v) is 6.29. The van der Waals surface area contributed by atoms with Crippen LogP contribution in [0, 0.1) is 0 Å². The molecular formula is C25H24N4O6. The van der Waals surface area contributed by atoms with Crippen LogP contribution in [0.15, 0.2) is 54.7 Å². The van der Waals surface area contributed by atoms with Crippen molar-refractivity contribution in [3.63, 3.8) is 0 Å². The standard InChI is InChI=1S/C25H24N4O6/c1-29-12-18(23(30)26-20-10-11-34-21(20)24(31)32)22(28-29)27-25(33)35-13-19-16-8-4-2-6-14(16)15-7-3-5-9-17(15)19/h2-9,12,19-21H,10-11,13H2,1H3,(H,26,30)(H,31,32)(H,27,28,33). The zero-order valence-corrected chi connectivity index (χ0v) is 18.9. The summed E-state index contributed by atoms with van der Waals surface area (Å²) in [5, 5.41) is 18.6. The van der Waals surface area contributed by atoms with Crippen molar-refractivity contribution in [2.75, 3.05) is 18.5 Å². The first-order valence-corrected chi connectivity index (χ1v) is 11.2. The fraction of sp³-hybridized carbons (Fsp3) is 0.280. The molecule has 3 aromatic rings. The van der Waals surface area contributed by atoms with E-state index in [2.05, 4.69) is 27.9 Å². The topological polar surface area (TPSA) is 132 Å². The molecule has 2 atom stereocenters. The molecule has 1 fully saturated rings. The number of carbonyl (C=O) groups is 3. The lowest BCUT2D eigenvalue weighted by Gasteiger charge is -2.16. The fourth-order valence-corrected chi connectivity index (χ4v) is 4.71. The number of nitrogens with one attached hydrogen (secondary N) is 2. The first kappa shape index (κ1) is 22.6. The van der Waals surface area contributed by atoms with Crippen molar-refractivity contribution in [1.29, 1.82) is 0 Å². The Morgan fingerprint density at radius 2 is 1.77 bits per heavy atom. The maximum absolute atomic E-state index is 12.8. The number of carbonyl (C=O) groups excluding carboxylic acids is 2. The molecule has 1 aliphatic heterocycles. The molecule has 0 bridgehead atoms. The van der Waals surface area contributed by atoms with E-state index in [1.807, 2.05) is 36.4 Å². The van der Waals surface area contributed by atoms with Gasteiger partial charge in [-0.25, -0.2) is 9.59 Å². The van der Waals surface area contributed by atoms with Crippen molar-refractivity contribution in [3.8, 4) is 11.1 Å². The van der Waals surface area contributed by atoms with Crippen LogP contribution in [0.3, 0.4) is 0 Å². The molecule has 2 aromatic carbocycles. The van der Waals surface area contributed by atoms with Gasteiger partial charge in [-0.05, 0) is 28.7 Å². The van der Waals surface area contributed by atoms with Gasteiger partial charge in [-0.15, -0.1) is 0 Å². The second-order valence-corrected chi connectivity index (χ2v) is 8.51. The average Bonchev–Trinajstić information content (AvgIpc) is 3.53. The van der Waals surface area contributed by atoms with Crippen LogP contribution in [0.5, 0.6) is 0 Å². The molecule has 1 saturated heterocycles. The number of benzene rings is 2.